The van der Waals surface area contributed by atoms with Gasteiger partial charge in [-0.15, -0.1) is 0 Å². The Balaban J connectivity index is 0.883. The summed E-state index contributed by atoms with van der Waals surface area (Å²) in [6.45, 7) is 4.31. The average molecular weight is 673 g/mol. The lowest BCUT2D eigenvalue weighted by Gasteiger charge is -2.12. The molecule has 10 rings (SSSR count). The summed E-state index contributed by atoms with van der Waals surface area (Å²) < 4.78 is 4.58. The first-order valence-corrected chi connectivity index (χ1v) is 18.1. The Kier molecular flexibility index (Phi) is 7.10. The predicted molar refractivity (Wildman–Crippen MR) is 214 cm³/mol. The first-order chi connectivity index (χ1) is 25.6. The highest BCUT2D eigenvalue weighted by molar-refractivity contribution is 5.95. The van der Waals surface area contributed by atoms with Crippen LogP contribution >= 0.6 is 0 Å². The number of aliphatic imine (C=N–C) groups is 2. The van der Waals surface area contributed by atoms with Crippen molar-refractivity contribution in [3.8, 4) is 45.0 Å². The molecule has 0 saturated heterocycles. The van der Waals surface area contributed by atoms with Gasteiger partial charge in [0.1, 0.15) is 11.6 Å². The second kappa shape index (κ2) is 12.1. The van der Waals surface area contributed by atoms with E-state index < -0.39 is 0 Å². The van der Waals surface area contributed by atoms with Crippen molar-refractivity contribution in [2.45, 2.75) is 39.5 Å². The van der Waals surface area contributed by atoms with Gasteiger partial charge in [0.25, 0.3) is 0 Å². The third-order valence-electron chi connectivity index (χ3n) is 10.6. The summed E-state index contributed by atoms with van der Waals surface area (Å²) in [5, 5.41) is 2.61. The molecule has 0 unspecified atom stereocenters. The van der Waals surface area contributed by atoms with E-state index in [0.29, 0.717) is 0 Å². The molecule has 2 aliphatic heterocycles. The van der Waals surface area contributed by atoms with Crippen LogP contribution in [-0.2, 0) is 12.8 Å². The van der Waals surface area contributed by atoms with Crippen LogP contribution in [-0.4, -0.2) is 31.5 Å². The summed E-state index contributed by atoms with van der Waals surface area (Å²) in [6.07, 6.45) is 12.0. The van der Waals surface area contributed by atoms with Gasteiger partial charge in [-0.1, -0.05) is 59.7 Å². The summed E-state index contributed by atoms with van der Waals surface area (Å²) in [7, 11) is 0. The fourth-order valence-electron chi connectivity index (χ4n) is 7.96. The molecule has 0 bridgehead atoms. The zero-order chi connectivity index (χ0) is 34.8. The Labute approximate surface area is 302 Å². The molecule has 0 atom stereocenters. The van der Waals surface area contributed by atoms with Gasteiger partial charge in [0.2, 0.25) is 0 Å². The highest BCUT2D eigenvalue weighted by Crippen LogP contribution is 2.40. The van der Waals surface area contributed by atoms with Gasteiger partial charge < -0.3 is 0 Å². The van der Waals surface area contributed by atoms with Gasteiger partial charge in [0.15, 0.2) is 0 Å². The number of hydrogen-bond donors (Lipinski definition) is 0. The lowest BCUT2D eigenvalue weighted by Crippen LogP contribution is -1.97. The van der Waals surface area contributed by atoms with Crippen LogP contribution in [0.25, 0.3) is 66.8 Å². The van der Waals surface area contributed by atoms with E-state index in [1.165, 1.54) is 44.1 Å². The van der Waals surface area contributed by atoms with Crippen LogP contribution in [0.1, 0.15) is 35.1 Å². The van der Waals surface area contributed by atoms with Crippen molar-refractivity contribution in [2.24, 2.45) is 9.98 Å². The minimum Gasteiger partial charge on any atom is -0.294 e. The summed E-state index contributed by atoms with van der Waals surface area (Å²) in [4.78, 5) is 19.3. The third-order valence-corrected chi connectivity index (χ3v) is 10.6. The quantitative estimate of drug-likeness (QED) is 0.183. The van der Waals surface area contributed by atoms with Crippen LogP contribution in [0.5, 0.6) is 0 Å². The first-order valence-electron chi connectivity index (χ1n) is 18.1. The average Bonchev–Trinajstić information content (AvgIpc) is 3.70. The SMILES string of the molecule is Cc1ccc2c(c1)c1c(n2-c2ccc(-c3ccc(-c4ccc(-c5ccc(-n6c7c(c8cc(C)ccc86)CCC=N7)cc5)cn4)nc3)cc2)N=CCC1. The molecular formula is C46H36N6. The van der Waals surface area contributed by atoms with Crippen molar-refractivity contribution >= 4 is 45.9 Å². The highest BCUT2D eigenvalue weighted by Gasteiger charge is 2.21. The summed E-state index contributed by atoms with van der Waals surface area (Å²) in [5.41, 5.74) is 15.9. The van der Waals surface area contributed by atoms with Crippen LogP contribution < -0.4 is 0 Å². The van der Waals surface area contributed by atoms with Crippen LogP contribution in [0.2, 0.25) is 0 Å². The Morgan fingerprint density at radius 3 is 1.29 bits per heavy atom. The Morgan fingerprint density at radius 1 is 0.462 bits per heavy atom. The van der Waals surface area contributed by atoms with E-state index in [9.17, 15) is 0 Å². The van der Waals surface area contributed by atoms with E-state index in [1.807, 2.05) is 24.8 Å². The predicted octanol–water partition coefficient (Wildman–Crippen LogP) is 11.3. The third kappa shape index (κ3) is 5.02. The van der Waals surface area contributed by atoms with E-state index in [1.54, 1.807) is 0 Å². The molecule has 0 saturated carbocycles. The smallest absolute Gasteiger partial charge is 0.141 e. The molecule has 6 heteroatoms. The van der Waals surface area contributed by atoms with Crippen molar-refractivity contribution in [1.82, 2.24) is 19.1 Å². The number of benzene rings is 4. The van der Waals surface area contributed by atoms with Crippen LogP contribution in [0, 0.1) is 13.8 Å². The maximum atomic E-state index is 4.83. The van der Waals surface area contributed by atoms with Gasteiger partial charge in [-0.2, -0.15) is 0 Å². The van der Waals surface area contributed by atoms with Crippen molar-refractivity contribution in [2.75, 3.05) is 0 Å². The molecule has 52 heavy (non-hydrogen) atoms. The topological polar surface area (TPSA) is 60.4 Å². The molecule has 4 aromatic carbocycles. The molecule has 4 aromatic heterocycles. The molecule has 0 aliphatic carbocycles. The van der Waals surface area contributed by atoms with E-state index in [2.05, 4.69) is 132 Å². The molecule has 0 spiro atoms. The van der Waals surface area contributed by atoms with E-state index in [-0.39, 0.29) is 0 Å². The van der Waals surface area contributed by atoms with Crippen molar-refractivity contribution < 1.29 is 0 Å². The van der Waals surface area contributed by atoms with Gasteiger partial charge >= 0.3 is 0 Å². The Morgan fingerprint density at radius 2 is 0.885 bits per heavy atom. The van der Waals surface area contributed by atoms with E-state index >= 15 is 0 Å². The molecular weight excluding hydrogens is 637 g/mol. The maximum Gasteiger partial charge on any atom is 0.141 e. The number of hydrogen-bond acceptors (Lipinski definition) is 4. The number of aromatic nitrogens is 4. The minimum absolute atomic E-state index is 0.848. The van der Waals surface area contributed by atoms with Crippen molar-refractivity contribution in [3.63, 3.8) is 0 Å². The fourth-order valence-corrected chi connectivity index (χ4v) is 7.96. The van der Waals surface area contributed by atoms with Gasteiger partial charge in [0.05, 0.1) is 22.4 Å². The second-order valence-electron chi connectivity index (χ2n) is 14.0. The lowest BCUT2D eigenvalue weighted by atomic mass is 10.0. The molecule has 2 aliphatic rings. The van der Waals surface area contributed by atoms with Crippen molar-refractivity contribution in [1.29, 1.82) is 0 Å². The number of pyridine rings is 2. The number of fused-ring (bicyclic) bond motifs is 6. The van der Waals surface area contributed by atoms with Crippen molar-refractivity contribution in [3.05, 3.63) is 144 Å². The Bertz CT molecular complexity index is 2520. The number of aryl methyl sites for hydroxylation is 4. The minimum atomic E-state index is 0.848. The molecule has 0 radical (unpaired) electrons. The van der Waals surface area contributed by atoms with Gasteiger partial charge in [-0.3, -0.25) is 19.1 Å². The van der Waals surface area contributed by atoms with E-state index in [0.717, 1.165) is 82.3 Å². The highest BCUT2D eigenvalue weighted by atomic mass is 15.1. The summed E-state index contributed by atoms with van der Waals surface area (Å²) >= 11 is 0. The normalized spacial score (nSPS) is 13.5. The number of rotatable bonds is 5. The molecule has 6 heterocycles. The van der Waals surface area contributed by atoms with Gasteiger partial charge in [-0.25, -0.2) is 9.98 Å². The molecule has 6 nitrogen and oxygen atoms in total. The lowest BCUT2D eigenvalue weighted by molar-refractivity contribution is 1.00. The standard InChI is InChI=1S/C46H36N6/c1-29-7-21-43-39(25-29)37-5-3-23-47-45(37)51(43)35-15-9-31(10-16-35)33-13-19-41(49-27-33)42-20-14-34(28-50-42)32-11-17-36(18-12-32)52-44-22-8-30(2)26-40(44)38-6-4-24-48-46(38)52/h7-28H,3-6H2,1-2H3. The zero-order valence-corrected chi connectivity index (χ0v) is 29.2. The largest absolute Gasteiger partial charge is 0.294 e. The van der Waals surface area contributed by atoms with Crippen LogP contribution in [0.3, 0.4) is 0 Å². The van der Waals surface area contributed by atoms with Crippen LogP contribution in [0.4, 0.5) is 11.6 Å². The Hall–Kier alpha value is -6.40. The fraction of sp³-hybridized carbons (Fsp3) is 0.130. The first kappa shape index (κ1) is 30.4. The zero-order valence-electron chi connectivity index (χ0n) is 29.2. The summed E-state index contributed by atoms with van der Waals surface area (Å²) in [6, 6.07) is 39.2. The van der Waals surface area contributed by atoms with Gasteiger partial charge in [0, 0.05) is 69.2 Å². The molecule has 250 valence electrons. The maximum absolute atomic E-state index is 4.83. The second-order valence-corrected chi connectivity index (χ2v) is 14.0. The number of nitrogens with zero attached hydrogens (tertiary/aromatic N) is 6. The molecule has 0 N–H and O–H groups in total. The molecule has 0 amide bonds. The van der Waals surface area contributed by atoms with Gasteiger partial charge in [-0.05, 0) is 111 Å². The molecule has 0 fully saturated rings. The monoisotopic (exact) mass is 672 g/mol. The summed E-state index contributed by atoms with van der Waals surface area (Å²) in [5.74, 6) is 2.10. The van der Waals surface area contributed by atoms with Crippen LogP contribution in [0.15, 0.2) is 132 Å². The molecule has 8 aromatic rings. The van der Waals surface area contributed by atoms with E-state index in [4.69, 9.17) is 20.0 Å².